The molecule has 2 N–H and O–H groups in total. The molecule has 0 radical (unpaired) electrons. The predicted molar refractivity (Wildman–Crippen MR) is 94.7 cm³/mol. The molecule has 1 saturated carbocycles. The third-order valence-electron chi connectivity index (χ3n) is 3.85. The number of nitrogens with zero attached hydrogens (tertiary/aromatic N) is 1. The first-order valence-electron chi connectivity index (χ1n) is 7.23. The van der Waals surface area contributed by atoms with Crippen molar-refractivity contribution in [2.24, 2.45) is 4.99 Å². The highest BCUT2D eigenvalue weighted by atomic mass is 35.5. The van der Waals surface area contributed by atoms with Crippen molar-refractivity contribution in [2.45, 2.75) is 37.0 Å². The van der Waals surface area contributed by atoms with E-state index in [4.69, 9.17) is 11.6 Å². The lowest BCUT2D eigenvalue weighted by molar-refractivity contribution is 0.662. The van der Waals surface area contributed by atoms with Gasteiger partial charge in [-0.1, -0.05) is 23.7 Å². The second kappa shape index (κ2) is 6.93. The highest BCUT2D eigenvalue weighted by Gasteiger charge is 2.39. The van der Waals surface area contributed by atoms with Crippen LogP contribution >= 0.6 is 23.4 Å². The molecule has 2 unspecified atom stereocenters. The Labute approximate surface area is 136 Å². The molecule has 116 valence electrons. The van der Waals surface area contributed by atoms with Gasteiger partial charge in [-0.25, -0.2) is 0 Å². The fraction of sp³-hybridized carbons (Fsp3) is 0.562. The standard InChI is InChI=1S/C16H24ClN3S/c1-16(2,21-4)10-19-15(18-3)20-14-9-13(14)11-6-5-7-12(17)8-11/h5-8,13-14H,9-10H2,1-4H3,(H2,18,19,20). The zero-order chi connectivity index (χ0) is 15.5. The first kappa shape index (κ1) is 16.5. The minimum absolute atomic E-state index is 0.202. The molecule has 21 heavy (non-hydrogen) atoms. The summed E-state index contributed by atoms with van der Waals surface area (Å²) >= 11 is 7.91. The van der Waals surface area contributed by atoms with E-state index in [1.807, 2.05) is 30.9 Å². The monoisotopic (exact) mass is 325 g/mol. The summed E-state index contributed by atoms with van der Waals surface area (Å²) in [6.07, 6.45) is 3.26. The highest BCUT2D eigenvalue weighted by Crippen LogP contribution is 2.41. The maximum atomic E-state index is 6.05. The number of guanidine groups is 1. The third kappa shape index (κ3) is 4.82. The molecular formula is C16H24ClN3S. The molecule has 0 bridgehead atoms. The van der Waals surface area contributed by atoms with E-state index in [9.17, 15) is 0 Å². The number of nitrogens with one attached hydrogen (secondary N) is 2. The van der Waals surface area contributed by atoms with Crippen LogP contribution in [0.15, 0.2) is 29.3 Å². The summed E-state index contributed by atoms with van der Waals surface area (Å²) in [5.74, 6) is 1.42. The molecule has 0 heterocycles. The zero-order valence-corrected chi connectivity index (χ0v) is 14.7. The lowest BCUT2D eigenvalue weighted by Crippen LogP contribution is -2.44. The van der Waals surface area contributed by atoms with Crippen molar-refractivity contribution in [1.82, 2.24) is 10.6 Å². The molecule has 0 amide bonds. The van der Waals surface area contributed by atoms with E-state index in [1.54, 1.807) is 0 Å². The Morgan fingerprint density at radius 3 is 2.86 bits per heavy atom. The normalized spacial score (nSPS) is 22.0. The summed E-state index contributed by atoms with van der Waals surface area (Å²) in [6.45, 7) is 5.34. The van der Waals surface area contributed by atoms with E-state index in [0.717, 1.165) is 23.9 Å². The van der Waals surface area contributed by atoms with Crippen molar-refractivity contribution in [3.63, 3.8) is 0 Å². The third-order valence-corrected chi connectivity index (χ3v) is 5.33. The molecule has 2 rings (SSSR count). The molecule has 2 atom stereocenters. The van der Waals surface area contributed by atoms with Gasteiger partial charge in [0.2, 0.25) is 0 Å². The van der Waals surface area contributed by atoms with E-state index in [2.05, 4.69) is 47.9 Å². The van der Waals surface area contributed by atoms with Crippen molar-refractivity contribution >= 4 is 29.3 Å². The van der Waals surface area contributed by atoms with E-state index < -0.39 is 0 Å². The predicted octanol–water partition coefficient (Wildman–Crippen LogP) is 3.50. The van der Waals surface area contributed by atoms with Gasteiger partial charge in [0.05, 0.1) is 0 Å². The van der Waals surface area contributed by atoms with Crippen LogP contribution in [0.4, 0.5) is 0 Å². The molecule has 0 aromatic heterocycles. The lowest BCUT2D eigenvalue weighted by Gasteiger charge is -2.23. The number of hydrogen-bond acceptors (Lipinski definition) is 2. The summed E-state index contributed by atoms with van der Waals surface area (Å²) in [6, 6.07) is 8.58. The Kier molecular flexibility index (Phi) is 5.44. The number of aliphatic imine (C=N–C) groups is 1. The fourth-order valence-corrected chi connectivity index (χ4v) is 2.61. The average molecular weight is 326 g/mol. The second-order valence-electron chi connectivity index (χ2n) is 6.04. The molecule has 0 saturated heterocycles. The summed E-state index contributed by atoms with van der Waals surface area (Å²) in [5, 5.41) is 7.71. The van der Waals surface area contributed by atoms with Crippen LogP contribution in [0.25, 0.3) is 0 Å². The van der Waals surface area contributed by atoms with Crippen molar-refractivity contribution < 1.29 is 0 Å². The van der Waals surface area contributed by atoms with Gasteiger partial charge in [-0.15, -0.1) is 0 Å². The first-order valence-corrected chi connectivity index (χ1v) is 8.83. The largest absolute Gasteiger partial charge is 0.355 e. The quantitative estimate of drug-likeness (QED) is 0.642. The van der Waals surface area contributed by atoms with Crippen LogP contribution in [0.5, 0.6) is 0 Å². The molecule has 3 nitrogen and oxygen atoms in total. The Bertz CT molecular complexity index is 516. The molecule has 1 aliphatic rings. The number of benzene rings is 1. The van der Waals surface area contributed by atoms with Crippen LogP contribution < -0.4 is 10.6 Å². The van der Waals surface area contributed by atoms with Crippen LogP contribution in [0.2, 0.25) is 5.02 Å². The first-order chi connectivity index (χ1) is 9.95. The molecule has 5 heteroatoms. The number of rotatable bonds is 5. The van der Waals surface area contributed by atoms with Crippen LogP contribution in [0.1, 0.15) is 31.7 Å². The maximum Gasteiger partial charge on any atom is 0.191 e. The summed E-state index contributed by atoms with van der Waals surface area (Å²) in [7, 11) is 1.82. The second-order valence-corrected chi connectivity index (χ2v) is 7.99. The van der Waals surface area contributed by atoms with Gasteiger partial charge in [-0.05, 0) is 44.2 Å². The van der Waals surface area contributed by atoms with Gasteiger partial charge in [-0.3, -0.25) is 4.99 Å². The Balaban J connectivity index is 1.85. The molecule has 1 fully saturated rings. The summed E-state index contributed by atoms with van der Waals surface area (Å²) < 4.78 is 0.202. The Morgan fingerprint density at radius 1 is 1.48 bits per heavy atom. The maximum absolute atomic E-state index is 6.05. The topological polar surface area (TPSA) is 36.4 Å². The van der Waals surface area contributed by atoms with Gasteiger partial charge < -0.3 is 10.6 Å². The van der Waals surface area contributed by atoms with E-state index >= 15 is 0 Å². The van der Waals surface area contributed by atoms with Crippen LogP contribution in [-0.2, 0) is 0 Å². The lowest BCUT2D eigenvalue weighted by atomic mass is 10.1. The van der Waals surface area contributed by atoms with Gasteiger partial charge in [-0.2, -0.15) is 11.8 Å². The molecule has 1 aromatic rings. The van der Waals surface area contributed by atoms with Gasteiger partial charge in [0.15, 0.2) is 5.96 Å². The van der Waals surface area contributed by atoms with E-state index in [1.165, 1.54) is 5.56 Å². The molecule has 1 aromatic carbocycles. The highest BCUT2D eigenvalue weighted by molar-refractivity contribution is 7.99. The minimum atomic E-state index is 0.202. The summed E-state index contributed by atoms with van der Waals surface area (Å²) in [4.78, 5) is 4.31. The number of hydrogen-bond donors (Lipinski definition) is 2. The van der Waals surface area contributed by atoms with Gasteiger partial charge in [0.25, 0.3) is 0 Å². The van der Waals surface area contributed by atoms with Crippen molar-refractivity contribution in [2.75, 3.05) is 19.8 Å². The Hall–Kier alpha value is -0.870. The smallest absolute Gasteiger partial charge is 0.191 e. The molecule has 0 aliphatic heterocycles. The molecule has 1 aliphatic carbocycles. The van der Waals surface area contributed by atoms with Gasteiger partial charge >= 0.3 is 0 Å². The van der Waals surface area contributed by atoms with Crippen LogP contribution in [0.3, 0.4) is 0 Å². The molecule has 0 spiro atoms. The molecular weight excluding hydrogens is 302 g/mol. The van der Waals surface area contributed by atoms with Crippen molar-refractivity contribution in [3.8, 4) is 0 Å². The SMILES string of the molecule is CN=C(NCC(C)(C)SC)NC1CC1c1cccc(Cl)c1. The fourth-order valence-electron chi connectivity index (χ4n) is 2.20. The van der Waals surface area contributed by atoms with Gasteiger partial charge in [0.1, 0.15) is 0 Å². The zero-order valence-electron chi connectivity index (χ0n) is 13.1. The van der Waals surface area contributed by atoms with Crippen LogP contribution in [-0.4, -0.2) is 36.6 Å². The average Bonchev–Trinajstić information content (AvgIpc) is 3.23. The van der Waals surface area contributed by atoms with E-state index in [0.29, 0.717) is 12.0 Å². The summed E-state index contributed by atoms with van der Waals surface area (Å²) in [5.41, 5.74) is 1.31. The Morgan fingerprint density at radius 2 is 2.24 bits per heavy atom. The van der Waals surface area contributed by atoms with Crippen molar-refractivity contribution in [1.29, 1.82) is 0 Å². The van der Waals surface area contributed by atoms with Gasteiger partial charge in [0, 0.05) is 35.3 Å². The van der Waals surface area contributed by atoms with Crippen LogP contribution in [0, 0.1) is 0 Å². The van der Waals surface area contributed by atoms with Crippen molar-refractivity contribution in [3.05, 3.63) is 34.9 Å². The number of halogens is 1. The number of thioether (sulfide) groups is 1. The van der Waals surface area contributed by atoms with E-state index in [-0.39, 0.29) is 4.75 Å². The minimum Gasteiger partial charge on any atom is -0.355 e.